The molecule has 1 aromatic carbocycles. The van der Waals surface area contributed by atoms with E-state index in [2.05, 4.69) is 9.97 Å². The molecule has 2 N–H and O–H groups in total. The standard InChI is InChI=1S/C16H17N3O2/c17-13-3-4-14-15(10-13)21-16(19-14)11-20-9-1-2-12-5-7-18-8-6-12/h3-8,10H,1-2,9,11,17H2. The zero-order valence-electron chi connectivity index (χ0n) is 11.7. The molecule has 0 spiro atoms. The van der Waals surface area contributed by atoms with Crippen molar-refractivity contribution in [2.45, 2.75) is 19.4 Å². The van der Waals surface area contributed by atoms with Crippen LogP contribution in [0.5, 0.6) is 0 Å². The summed E-state index contributed by atoms with van der Waals surface area (Å²) in [6.45, 7) is 1.05. The number of rotatable bonds is 6. The predicted octanol–water partition coefficient (Wildman–Crippen LogP) is 2.95. The summed E-state index contributed by atoms with van der Waals surface area (Å²) < 4.78 is 11.2. The number of anilines is 1. The Bertz CT molecular complexity index is 710. The first-order chi connectivity index (χ1) is 10.3. The number of benzene rings is 1. The lowest BCUT2D eigenvalue weighted by Crippen LogP contribution is -1.97. The highest BCUT2D eigenvalue weighted by Gasteiger charge is 2.05. The first-order valence-corrected chi connectivity index (χ1v) is 6.93. The number of pyridine rings is 1. The number of hydrogen-bond donors (Lipinski definition) is 1. The number of nitrogens with zero attached hydrogens (tertiary/aromatic N) is 2. The normalized spacial score (nSPS) is 11.0. The van der Waals surface area contributed by atoms with Gasteiger partial charge in [-0.05, 0) is 42.7 Å². The maximum absolute atomic E-state index is 5.70. The van der Waals surface area contributed by atoms with Gasteiger partial charge in [0.2, 0.25) is 5.89 Å². The van der Waals surface area contributed by atoms with Crippen molar-refractivity contribution in [2.24, 2.45) is 0 Å². The second-order valence-corrected chi connectivity index (χ2v) is 4.85. The van der Waals surface area contributed by atoms with E-state index in [4.69, 9.17) is 14.9 Å². The van der Waals surface area contributed by atoms with E-state index in [0.717, 1.165) is 18.4 Å². The number of nitrogens with two attached hydrogens (primary N) is 1. The first-order valence-electron chi connectivity index (χ1n) is 6.93. The molecule has 21 heavy (non-hydrogen) atoms. The molecule has 0 aliphatic rings. The third-order valence-electron chi connectivity index (χ3n) is 3.19. The largest absolute Gasteiger partial charge is 0.438 e. The summed E-state index contributed by atoms with van der Waals surface area (Å²) in [7, 11) is 0. The highest BCUT2D eigenvalue weighted by Crippen LogP contribution is 2.18. The Morgan fingerprint density at radius 1 is 1.14 bits per heavy atom. The summed E-state index contributed by atoms with van der Waals surface area (Å²) >= 11 is 0. The van der Waals surface area contributed by atoms with Crippen LogP contribution in [0.2, 0.25) is 0 Å². The number of hydrogen-bond acceptors (Lipinski definition) is 5. The molecule has 0 fully saturated rings. The van der Waals surface area contributed by atoms with Crippen molar-refractivity contribution in [3.63, 3.8) is 0 Å². The molecule has 0 radical (unpaired) electrons. The second kappa shape index (κ2) is 6.37. The quantitative estimate of drug-likeness (QED) is 0.556. The summed E-state index contributed by atoms with van der Waals surface area (Å²) in [4.78, 5) is 8.35. The Morgan fingerprint density at radius 3 is 2.86 bits per heavy atom. The fourth-order valence-electron chi connectivity index (χ4n) is 2.14. The third-order valence-corrected chi connectivity index (χ3v) is 3.19. The van der Waals surface area contributed by atoms with Crippen molar-refractivity contribution in [1.82, 2.24) is 9.97 Å². The smallest absolute Gasteiger partial charge is 0.221 e. The summed E-state index contributed by atoms with van der Waals surface area (Å²) in [6, 6.07) is 9.47. The van der Waals surface area contributed by atoms with Gasteiger partial charge in [0.15, 0.2) is 5.58 Å². The fraction of sp³-hybridized carbons (Fsp3) is 0.250. The van der Waals surface area contributed by atoms with Gasteiger partial charge < -0.3 is 14.9 Å². The average molecular weight is 283 g/mol. The van der Waals surface area contributed by atoms with Crippen LogP contribution in [0.25, 0.3) is 11.1 Å². The maximum atomic E-state index is 5.70. The van der Waals surface area contributed by atoms with Crippen LogP contribution in [0.4, 0.5) is 5.69 Å². The van der Waals surface area contributed by atoms with Gasteiger partial charge in [0.05, 0.1) is 0 Å². The molecule has 108 valence electrons. The first kappa shape index (κ1) is 13.6. The molecule has 3 aromatic rings. The van der Waals surface area contributed by atoms with Crippen LogP contribution < -0.4 is 5.73 Å². The lowest BCUT2D eigenvalue weighted by atomic mass is 10.1. The lowest BCUT2D eigenvalue weighted by Gasteiger charge is -2.02. The second-order valence-electron chi connectivity index (χ2n) is 4.85. The minimum Gasteiger partial charge on any atom is -0.438 e. The maximum Gasteiger partial charge on any atom is 0.221 e. The van der Waals surface area contributed by atoms with Crippen LogP contribution in [0, 0.1) is 0 Å². The van der Waals surface area contributed by atoms with Crippen LogP contribution in [0.3, 0.4) is 0 Å². The lowest BCUT2D eigenvalue weighted by molar-refractivity contribution is 0.102. The molecule has 0 amide bonds. The fourth-order valence-corrected chi connectivity index (χ4v) is 2.14. The molecule has 5 heteroatoms. The molecule has 5 nitrogen and oxygen atoms in total. The number of aromatic nitrogens is 2. The topological polar surface area (TPSA) is 74.2 Å². The van der Waals surface area contributed by atoms with E-state index in [1.54, 1.807) is 18.5 Å². The number of fused-ring (bicyclic) bond motifs is 1. The van der Waals surface area contributed by atoms with E-state index in [0.29, 0.717) is 30.4 Å². The Kier molecular flexibility index (Phi) is 4.12. The van der Waals surface area contributed by atoms with Crippen molar-refractivity contribution in [3.8, 4) is 0 Å². The van der Waals surface area contributed by atoms with E-state index < -0.39 is 0 Å². The van der Waals surface area contributed by atoms with E-state index >= 15 is 0 Å². The van der Waals surface area contributed by atoms with Gasteiger partial charge in [0.1, 0.15) is 12.1 Å². The summed E-state index contributed by atoms with van der Waals surface area (Å²) in [5.74, 6) is 0.583. The molecule has 0 aliphatic carbocycles. The minimum atomic E-state index is 0.380. The van der Waals surface area contributed by atoms with Gasteiger partial charge in [-0.25, -0.2) is 4.98 Å². The SMILES string of the molecule is Nc1ccc2nc(COCCCc3ccncc3)oc2c1. The van der Waals surface area contributed by atoms with Crippen LogP contribution in [0.1, 0.15) is 17.9 Å². The molecular weight excluding hydrogens is 266 g/mol. The van der Waals surface area contributed by atoms with Gasteiger partial charge in [0, 0.05) is 30.8 Å². The van der Waals surface area contributed by atoms with Gasteiger partial charge >= 0.3 is 0 Å². The molecule has 0 saturated carbocycles. The molecule has 0 aliphatic heterocycles. The Hall–Kier alpha value is -2.40. The van der Waals surface area contributed by atoms with E-state index in [1.165, 1.54) is 5.56 Å². The zero-order chi connectivity index (χ0) is 14.5. The van der Waals surface area contributed by atoms with E-state index in [1.807, 2.05) is 24.3 Å². The number of aryl methyl sites for hydroxylation is 1. The van der Waals surface area contributed by atoms with Crippen LogP contribution in [0.15, 0.2) is 47.1 Å². The van der Waals surface area contributed by atoms with Gasteiger partial charge in [-0.1, -0.05) is 0 Å². The average Bonchev–Trinajstić information content (AvgIpc) is 2.90. The van der Waals surface area contributed by atoms with Crippen LogP contribution in [-0.2, 0) is 17.8 Å². The number of ether oxygens (including phenoxy) is 1. The van der Waals surface area contributed by atoms with Crippen molar-refractivity contribution in [3.05, 3.63) is 54.2 Å². The Balaban J connectivity index is 1.46. The molecule has 2 aromatic heterocycles. The highest BCUT2D eigenvalue weighted by molar-refractivity contribution is 5.76. The van der Waals surface area contributed by atoms with Crippen LogP contribution in [-0.4, -0.2) is 16.6 Å². The molecule has 0 saturated heterocycles. The van der Waals surface area contributed by atoms with Crippen molar-refractivity contribution in [1.29, 1.82) is 0 Å². The highest BCUT2D eigenvalue weighted by atomic mass is 16.5. The van der Waals surface area contributed by atoms with Gasteiger partial charge in [0.25, 0.3) is 0 Å². The molecule has 0 atom stereocenters. The van der Waals surface area contributed by atoms with Gasteiger partial charge in [-0.3, -0.25) is 4.98 Å². The molecular formula is C16H17N3O2. The predicted molar refractivity (Wildman–Crippen MR) is 80.6 cm³/mol. The van der Waals surface area contributed by atoms with E-state index in [-0.39, 0.29) is 0 Å². The molecule has 0 bridgehead atoms. The molecule has 2 heterocycles. The number of nitrogen functional groups attached to an aromatic ring is 1. The summed E-state index contributed by atoms with van der Waals surface area (Å²) in [5, 5.41) is 0. The Labute approximate surface area is 122 Å². The van der Waals surface area contributed by atoms with Crippen molar-refractivity contribution in [2.75, 3.05) is 12.3 Å². The molecule has 0 unspecified atom stereocenters. The summed E-state index contributed by atoms with van der Waals surface area (Å²) in [6.07, 6.45) is 5.55. The van der Waals surface area contributed by atoms with Crippen LogP contribution >= 0.6 is 0 Å². The minimum absolute atomic E-state index is 0.380. The number of oxazole rings is 1. The Morgan fingerprint density at radius 2 is 2.00 bits per heavy atom. The van der Waals surface area contributed by atoms with Crippen molar-refractivity contribution < 1.29 is 9.15 Å². The van der Waals surface area contributed by atoms with E-state index in [9.17, 15) is 0 Å². The summed E-state index contributed by atoms with van der Waals surface area (Å²) in [5.41, 5.74) is 9.15. The van der Waals surface area contributed by atoms with Gasteiger partial charge in [-0.15, -0.1) is 0 Å². The van der Waals surface area contributed by atoms with Crippen molar-refractivity contribution >= 4 is 16.8 Å². The monoisotopic (exact) mass is 283 g/mol. The third kappa shape index (κ3) is 3.58. The molecule has 3 rings (SSSR count). The van der Waals surface area contributed by atoms with Gasteiger partial charge in [-0.2, -0.15) is 0 Å². The zero-order valence-corrected chi connectivity index (χ0v) is 11.7.